The van der Waals surface area contributed by atoms with Gasteiger partial charge in [-0.25, -0.2) is 0 Å². The van der Waals surface area contributed by atoms with E-state index in [2.05, 4.69) is 16.7 Å². The fourth-order valence-corrected chi connectivity index (χ4v) is 2.35. The van der Waals surface area contributed by atoms with E-state index in [1.807, 2.05) is 25.1 Å². The van der Waals surface area contributed by atoms with Crippen LogP contribution in [0.25, 0.3) is 0 Å². The molecular formula is C12H13N3OS. The Labute approximate surface area is 104 Å². The van der Waals surface area contributed by atoms with E-state index in [0.717, 1.165) is 16.1 Å². The number of amides is 1. The molecule has 88 valence electrons. The van der Waals surface area contributed by atoms with Crippen LogP contribution in [0.2, 0.25) is 0 Å². The Kier molecular flexibility index (Phi) is 3.67. The summed E-state index contributed by atoms with van der Waals surface area (Å²) >= 11 is 1.55. The molecule has 0 aromatic heterocycles. The van der Waals surface area contributed by atoms with Crippen molar-refractivity contribution in [2.75, 3.05) is 11.1 Å². The molecule has 0 saturated heterocycles. The first-order valence-corrected chi connectivity index (χ1v) is 6.36. The number of carbonyl (C=O) groups excluding carboxylic acids is 1. The second kappa shape index (κ2) is 5.21. The first-order chi connectivity index (χ1) is 8.19. The van der Waals surface area contributed by atoms with Crippen LogP contribution in [0.3, 0.4) is 0 Å². The van der Waals surface area contributed by atoms with Crippen molar-refractivity contribution in [3.8, 4) is 6.07 Å². The van der Waals surface area contributed by atoms with Gasteiger partial charge in [0.25, 0.3) is 0 Å². The molecule has 1 unspecified atom stereocenters. The minimum absolute atomic E-state index is 0.0398. The van der Waals surface area contributed by atoms with Crippen molar-refractivity contribution in [1.29, 1.82) is 5.26 Å². The minimum atomic E-state index is -0.171. The lowest BCUT2D eigenvalue weighted by Gasteiger charge is -2.17. The number of nitriles is 1. The molecule has 1 aliphatic rings. The second-order valence-corrected chi connectivity index (χ2v) is 4.92. The Balaban J connectivity index is 2.08. The smallest absolute Gasteiger partial charge is 0.234 e. The van der Waals surface area contributed by atoms with Crippen LogP contribution in [0.5, 0.6) is 0 Å². The number of carbonyl (C=O) groups is 1. The van der Waals surface area contributed by atoms with Gasteiger partial charge in [0.1, 0.15) is 0 Å². The van der Waals surface area contributed by atoms with Gasteiger partial charge in [-0.05, 0) is 24.6 Å². The van der Waals surface area contributed by atoms with Crippen LogP contribution in [0.4, 0.5) is 5.69 Å². The van der Waals surface area contributed by atoms with E-state index in [1.54, 1.807) is 11.8 Å². The lowest BCUT2D eigenvalue weighted by atomic mass is 10.2. The van der Waals surface area contributed by atoms with Crippen LogP contribution < -0.4 is 10.6 Å². The summed E-state index contributed by atoms with van der Waals surface area (Å²) in [7, 11) is 0. The topological polar surface area (TPSA) is 64.9 Å². The van der Waals surface area contributed by atoms with E-state index >= 15 is 0 Å². The molecular weight excluding hydrogens is 234 g/mol. The largest absolute Gasteiger partial charge is 0.324 e. The number of anilines is 1. The number of hydrogen-bond acceptors (Lipinski definition) is 4. The third-order valence-electron chi connectivity index (χ3n) is 2.48. The maximum Gasteiger partial charge on any atom is 0.234 e. The summed E-state index contributed by atoms with van der Waals surface area (Å²) < 4.78 is 0. The van der Waals surface area contributed by atoms with Crippen LogP contribution in [-0.4, -0.2) is 17.7 Å². The van der Waals surface area contributed by atoms with E-state index in [9.17, 15) is 4.79 Å². The molecule has 1 aliphatic heterocycles. The van der Waals surface area contributed by atoms with Crippen LogP contribution in [0, 0.1) is 11.3 Å². The predicted octanol–water partition coefficient (Wildman–Crippen LogP) is 1.73. The highest BCUT2D eigenvalue weighted by Gasteiger charge is 2.15. The summed E-state index contributed by atoms with van der Waals surface area (Å²) in [5.74, 6) is 0.522. The minimum Gasteiger partial charge on any atom is -0.324 e. The monoisotopic (exact) mass is 247 g/mol. The number of thioether (sulfide) groups is 1. The van der Waals surface area contributed by atoms with E-state index in [-0.39, 0.29) is 11.9 Å². The normalized spacial score (nSPS) is 15.6. The number of nitrogens with zero attached hydrogens (tertiary/aromatic N) is 1. The summed E-state index contributed by atoms with van der Waals surface area (Å²) in [6.07, 6.45) is 0. The SMILES string of the molecule is CC(C#N)NCc1ccc2c(c1)NC(=O)CS2. The second-order valence-electron chi connectivity index (χ2n) is 3.90. The highest BCUT2D eigenvalue weighted by atomic mass is 32.2. The number of rotatable bonds is 3. The van der Waals surface area contributed by atoms with E-state index in [1.165, 1.54) is 0 Å². The predicted molar refractivity (Wildman–Crippen MR) is 67.7 cm³/mol. The Bertz CT molecular complexity index is 481. The molecule has 0 bridgehead atoms. The Morgan fingerprint density at radius 2 is 2.47 bits per heavy atom. The van der Waals surface area contributed by atoms with Crippen LogP contribution in [0.15, 0.2) is 23.1 Å². The van der Waals surface area contributed by atoms with Gasteiger partial charge < -0.3 is 5.32 Å². The van der Waals surface area contributed by atoms with E-state index < -0.39 is 0 Å². The zero-order chi connectivity index (χ0) is 12.3. The summed E-state index contributed by atoms with van der Waals surface area (Å²) in [5, 5.41) is 14.6. The van der Waals surface area contributed by atoms with Crippen LogP contribution >= 0.6 is 11.8 Å². The Morgan fingerprint density at radius 1 is 1.65 bits per heavy atom. The third-order valence-corrected chi connectivity index (χ3v) is 3.56. The van der Waals surface area contributed by atoms with Gasteiger partial charge in [0.15, 0.2) is 0 Å². The van der Waals surface area contributed by atoms with Gasteiger partial charge in [0.2, 0.25) is 5.91 Å². The van der Waals surface area contributed by atoms with Crippen LogP contribution in [0.1, 0.15) is 12.5 Å². The lowest BCUT2D eigenvalue weighted by Crippen LogP contribution is -2.24. The molecule has 17 heavy (non-hydrogen) atoms. The lowest BCUT2D eigenvalue weighted by molar-refractivity contribution is -0.113. The molecule has 0 radical (unpaired) electrons. The van der Waals surface area contributed by atoms with Gasteiger partial charge in [0.05, 0.1) is 23.6 Å². The van der Waals surface area contributed by atoms with Gasteiger partial charge in [0, 0.05) is 11.4 Å². The highest BCUT2D eigenvalue weighted by molar-refractivity contribution is 8.00. The number of nitrogens with one attached hydrogen (secondary N) is 2. The van der Waals surface area contributed by atoms with Gasteiger partial charge >= 0.3 is 0 Å². The molecule has 2 N–H and O–H groups in total. The number of fused-ring (bicyclic) bond motifs is 1. The van der Waals surface area contributed by atoms with Crippen molar-refractivity contribution >= 4 is 23.4 Å². The van der Waals surface area contributed by atoms with E-state index in [0.29, 0.717) is 12.3 Å². The fourth-order valence-electron chi connectivity index (χ4n) is 1.56. The molecule has 1 aromatic rings. The zero-order valence-corrected chi connectivity index (χ0v) is 10.3. The van der Waals surface area contributed by atoms with Gasteiger partial charge in [-0.3, -0.25) is 10.1 Å². The van der Waals surface area contributed by atoms with E-state index in [4.69, 9.17) is 5.26 Å². The molecule has 1 atom stereocenters. The van der Waals surface area contributed by atoms with Crippen molar-refractivity contribution in [2.45, 2.75) is 24.4 Å². The molecule has 4 nitrogen and oxygen atoms in total. The number of benzene rings is 1. The summed E-state index contributed by atoms with van der Waals surface area (Å²) in [4.78, 5) is 12.4. The van der Waals surface area contributed by atoms with Crippen molar-refractivity contribution in [3.05, 3.63) is 23.8 Å². The summed E-state index contributed by atoms with van der Waals surface area (Å²) in [6.45, 7) is 2.44. The maximum atomic E-state index is 11.3. The molecule has 0 aliphatic carbocycles. The zero-order valence-electron chi connectivity index (χ0n) is 9.49. The fraction of sp³-hybridized carbons (Fsp3) is 0.333. The standard InChI is InChI=1S/C12H13N3OS/c1-8(5-13)14-6-9-2-3-11-10(4-9)15-12(16)7-17-11/h2-4,8,14H,6-7H2,1H3,(H,15,16). The molecule has 1 heterocycles. The first kappa shape index (κ1) is 12.0. The van der Waals surface area contributed by atoms with Gasteiger partial charge in [-0.2, -0.15) is 5.26 Å². The molecule has 1 amide bonds. The van der Waals surface area contributed by atoms with Crippen molar-refractivity contribution in [1.82, 2.24) is 5.32 Å². The molecule has 0 fully saturated rings. The quantitative estimate of drug-likeness (QED) is 0.853. The molecule has 5 heteroatoms. The average Bonchev–Trinajstić information content (AvgIpc) is 2.35. The highest BCUT2D eigenvalue weighted by Crippen LogP contribution is 2.31. The Hall–Kier alpha value is -1.51. The molecule has 0 spiro atoms. The third kappa shape index (κ3) is 2.99. The van der Waals surface area contributed by atoms with Crippen LogP contribution in [-0.2, 0) is 11.3 Å². The van der Waals surface area contributed by atoms with Crippen molar-refractivity contribution < 1.29 is 4.79 Å². The first-order valence-electron chi connectivity index (χ1n) is 5.37. The van der Waals surface area contributed by atoms with Gasteiger partial charge in [-0.1, -0.05) is 6.07 Å². The molecule has 2 rings (SSSR count). The average molecular weight is 247 g/mol. The summed E-state index contributed by atoms with van der Waals surface area (Å²) in [5.41, 5.74) is 1.93. The van der Waals surface area contributed by atoms with Gasteiger partial charge in [-0.15, -0.1) is 11.8 Å². The molecule has 1 aromatic carbocycles. The van der Waals surface area contributed by atoms with Crippen molar-refractivity contribution in [2.24, 2.45) is 0 Å². The molecule has 0 saturated carbocycles. The maximum absolute atomic E-state index is 11.3. The summed E-state index contributed by atoms with van der Waals surface area (Å²) in [6, 6.07) is 7.92. The number of hydrogen-bond donors (Lipinski definition) is 2. The van der Waals surface area contributed by atoms with Crippen molar-refractivity contribution in [3.63, 3.8) is 0 Å². The Morgan fingerprint density at radius 3 is 3.24 bits per heavy atom.